The zero-order chi connectivity index (χ0) is 23.5. The first-order valence-electron chi connectivity index (χ1n) is 11.0. The quantitative estimate of drug-likeness (QED) is 0.567. The summed E-state index contributed by atoms with van der Waals surface area (Å²) >= 11 is 1.55. The van der Waals surface area contributed by atoms with Crippen molar-refractivity contribution in [2.45, 2.75) is 52.6 Å². The minimum absolute atomic E-state index is 0.147. The van der Waals surface area contributed by atoms with Crippen molar-refractivity contribution in [3.63, 3.8) is 0 Å². The van der Waals surface area contributed by atoms with E-state index in [1.807, 2.05) is 13.8 Å². The van der Waals surface area contributed by atoms with E-state index in [1.165, 1.54) is 10.9 Å². The number of rotatable bonds is 4. The fourth-order valence-corrected chi connectivity index (χ4v) is 6.10. The molecule has 172 valence electrons. The molecule has 0 fully saturated rings. The molecule has 9 nitrogen and oxygen atoms in total. The lowest BCUT2D eigenvalue weighted by atomic mass is 9.88. The van der Waals surface area contributed by atoms with E-state index in [4.69, 9.17) is 4.74 Å². The SMILES string of the molecule is CCOC(=O)[C@H]1CCc2c(sc3ncnc(Nc4cc(C)c5n(c4=O)C(C)(C)NC5=O)c23)C1. The Morgan fingerprint density at radius 2 is 2.15 bits per heavy atom. The number of fused-ring (bicyclic) bond motifs is 4. The van der Waals surface area contributed by atoms with Crippen LogP contribution >= 0.6 is 11.3 Å². The van der Waals surface area contributed by atoms with Crippen molar-refractivity contribution in [2.24, 2.45) is 5.92 Å². The van der Waals surface area contributed by atoms with E-state index in [2.05, 4.69) is 20.6 Å². The van der Waals surface area contributed by atoms with Gasteiger partial charge in [-0.15, -0.1) is 11.3 Å². The van der Waals surface area contributed by atoms with Crippen LogP contribution in [0.25, 0.3) is 10.2 Å². The van der Waals surface area contributed by atoms with Crippen LogP contribution < -0.4 is 16.2 Å². The molecule has 0 bridgehead atoms. The van der Waals surface area contributed by atoms with Crippen molar-refractivity contribution < 1.29 is 14.3 Å². The standard InChI is InChI=1S/C23H25N5O4S/c1-5-32-22(31)12-6-7-13-15(9-12)33-20-16(13)18(24-10-25-20)26-14-8-11(2)17-19(29)27-23(3,4)28(17)21(14)30/h8,10,12H,5-7,9H2,1-4H3,(H,27,29)(H,24,25,26)/t12-/m0/s1. The van der Waals surface area contributed by atoms with Gasteiger partial charge in [-0.2, -0.15) is 0 Å². The van der Waals surface area contributed by atoms with Crippen LogP contribution in [0, 0.1) is 12.8 Å². The normalized spacial score (nSPS) is 18.5. The van der Waals surface area contributed by atoms with Crippen molar-refractivity contribution in [1.82, 2.24) is 19.9 Å². The Labute approximate surface area is 194 Å². The van der Waals surface area contributed by atoms with Crippen LogP contribution in [0.3, 0.4) is 0 Å². The number of nitrogens with zero attached hydrogens (tertiary/aromatic N) is 3. The van der Waals surface area contributed by atoms with Crippen molar-refractivity contribution >= 4 is 44.9 Å². The average Bonchev–Trinajstić information content (AvgIpc) is 3.25. The number of anilines is 2. The smallest absolute Gasteiger partial charge is 0.309 e. The summed E-state index contributed by atoms with van der Waals surface area (Å²) in [5.74, 6) is -0.00328. The van der Waals surface area contributed by atoms with Crippen molar-refractivity contribution in [2.75, 3.05) is 11.9 Å². The maximum Gasteiger partial charge on any atom is 0.309 e. The summed E-state index contributed by atoms with van der Waals surface area (Å²) in [6, 6.07) is 1.69. The lowest BCUT2D eigenvalue weighted by Crippen LogP contribution is -2.42. The summed E-state index contributed by atoms with van der Waals surface area (Å²) in [5.41, 5.74) is 1.43. The summed E-state index contributed by atoms with van der Waals surface area (Å²) in [5, 5.41) is 6.96. The van der Waals surface area contributed by atoms with Crippen molar-refractivity contribution in [3.05, 3.63) is 44.4 Å². The third kappa shape index (κ3) is 3.40. The van der Waals surface area contributed by atoms with E-state index in [1.54, 1.807) is 31.3 Å². The van der Waals surface area contributed by atoms with Crippen LogP contribution in [-0.2, 0) is 28.0 Å². The highest BCUT2D eigenvalue weighted by molar-refractivity contribution is 7.19. The average molecular weight is 468 g/mol. The number of nitrogens with one attached hydrogen (secondary N) is 2. The van der Waals surface area contributed by atoms with Crippen molar-refractivity contribution in [3.8, 4) is 0 Å². The van der Waals surface area contributed by atoms with Gasteiger partial charge in [-0.05, 0) is 64.2 Å². The summed E-state index contributed by atoms with van der Waals surface area (Å²) in [6.07, 6.45) is 3.52. The molecular formula is C23H25N5O4S. The predicted octanol–water partition coefficient (Wildman–Crippen LogP) is 3.01. The van der Waals surface area contributed by atoms with Gasteiger partial charge in [0.1, 0.15) is 34.0 Å². The maximum absolute atomic E-state index is 13.3. The van der Waals surface area contributed by atoms with Crippen LogP contribution in [0.1, 0.15) is 53.7 Å². The first kappa shape index (κ1) is 21.6. The van der Waals surface area contributed by atoms with Crippen LogP contribution in [0.15, 0.2) is 17.2 Å². The fraction of sp³-hybridized carbons (Fsp3) is 0.435. The highest BCUT2D eigenvalue weighted by atomic mass is 32.1. The minimum atomic E-state index is -0.823. The number of amides is 1. The molecule has 0 spiro atoms. The molecule has 5 rings (SSSR count). The van der Waals surface area contributed by atoms with E-state index in [9.17, 15) is 14.4 Å². The maximum atomic E-state index is 13.3. The number of aryl methyl sites for hydroxylation is 2. The topological polar surface area (TPSA) is 115 Å². The van der Waals surface area contributed by atoms with Gasteiger partial charge in [0.15, 0.2) is 0 Å². The Hall–Kier alpha value is -3.27. The zero-order valence-corrected chi connectivity index (χ0v) is 19.8. The van der Waals surface area contributed by atoms with Gasteiger partial charge in [-0.25, -0.2) is 9.97 Å². The molecule has 3 aromatic rings. The van der Waals surface area contributed by atoms with Gasteiger partial charge in [-0.1, -0.05) is 0 Å². The van der Waals surface area contributed by atoms with E-state index in [0.717, 1.165) is 20.7 Å². The van der Waals surface area contributed by atoms with Gasteiger partial charge in [0.05, 0.1) is 17.9 Å². The van der Waals surface area contributed by atoms with E-state index in [0.29, 0.717) is 48.6 Å². The Kier molecular flexibility index (Phi) is 5.00. The van der Waals surface area contributed by atoms with Gasteiger partial charge < -0.3 is 15.4 Å². The second-order valence-corrected chi connectivity index (χ2v) is 10.0. The number of thiophene rings is 1. The van der Waals surface area contributed by atoms with Gasteiger partial charge in [-0.3, -0.25) is 19.0 Å². The van der Waals surface area contributed by atoms with Crippen LogP contribution in [0.4, 0.5) is 11.5 Å². The second kappa shape index (κ2) is 7.65. The number of carbonyl (C=O) groups is 2. The molecule has 4 heterocycles. The van der Waals surface area contributed by atoms with Gasteiger partial charge >= 0.3 is 5.97 Å². The molecular weight excluding hydrogens is 442 g/mol. The van der Waals surface area contributed by atoms with E-state index >= 15 is 0 Å². The molecule has 1 aliphatic carbocycles. The zero-order valence-electron chi connectivity index (χ0n) is 18.9. The summed E-state index contributed by atoms with van der Waals surface area (Å²) < 4.78 is 6.72. The van der Waals surface area contributed by atoms with Gasteiger partial charge in [0.25, 0.3) is 11.5 Å². The summed E-state index contributed by atoms with van der Waals surface area (Å²) in [4.78, 5) is 48.8. The number of pyridine rings is 1. The van der Waals surface area contributed by atoms with E-state index < -0.39 is 5.66 Å². The predicted molar refractivity (Wildman–Crippen MR) is 125 cm³/mol. The van der Waals surface area contributed by atoms with Crippen molar-refractivity contribution in [1.29, 1.82) is 0 Å². The molecule has 0 aromatic carbocycles. The molecule has 1 atom stereocenters. The molecule has 0 unspecified atom stereocenters. The first-order chi connectivity index (χ1) is 15.7. The number of aromatic nitrogens is 3. The Morgan fingerprint density at radius 1 is 1.36 bits per heavy atom. The first-order valence-corrected chi connectivity index (χ1v) is 11.8. The molecule has 10 heteroatoms. The second-order valence-electron chi connectivity index (χ2n) is 8.97. The highest BCUT2D eigenvalue weighted by Gasteiger charge is 2.38. The fourth-order valence-electron chi connectivity index (χ4n) is 4.84. The Balaban J connectivity index is 1.56. The molecule has 33 heavy (non-hydrogen) atoms. The third-order valence-corrected chi connectivity index (χ3v) is 7.47. The summed E-state index contributed by atoms with van der Waals surface area (Å²) in [7, 11) is 0. The number of carbonyl (C=O) groups excluding carboxylic acids is 2. The van der Waals surface area contributed by atoms with Gasteiger partial charge in [0, 0.05) is 4.88 Å². The molecule has 2 aliphatic rings. The number of hydrogen-bond donors (Lipinski definition) is 2. The summed E-state index contributed by atoms with van der Waals surface area (Å²) in [6.45, 7) is 7.60. The van der Waals surface area contributed by atoms with Crippen LogP contribution in [-0.4, -0.2) is 33.0 Å². The monoisotopic (exact) mass is 467 g/mol. The molecule has 3 aromatic heterocycles. The van der Waals surface area contributed by atoms with E-state index in [-0.39, 0.29) is 23.4 Å². The lowest BCUT2D eigenvalue weighted by molar-refractivity contribution is -0.148. The lowest BCUT2D eigenvalue weighted by Gasteiger charge is -2.22. The molecule has 1 amide bonds. The Bertz CT molecular complexity index is 1370. The molecule has 0 saturated heterocycles. The number of esters is 1. The molecule has 2 N–H and O–H groups in total. The third-order valence-electron chi connectivity index (χ3n) is 6.30. The highest BCUT2D eigenvalue weighted by Crippen LogP contribution is 2.40. The van der Waals surface area contributed by atoms with Gasteiger partial charge in [0.2, 0.25) is 0 Å². The number of ether oxygens (including phenoxy) is 1. The molecule has 1 aliphatic heterocycles. The van der Waals surface area contributed by atoms with Crippen LogP contribution in [0.5, 0.6) is 0 Å². The minimum Gasteiger partial charge on any atom is -0.466 e. The molecule has 0 radical (unpaired) electrons. The van der Waals surface area contributed by atoms with Crippen LogP contribution in [0.2, 0.25) is 0 Å². The Morgan fingerprint density at radius 3 is 2.91 bits per heavy atom. The molecule has 0 saturated carbocycles. The number of hydrogen-bond acceptors (Lipinski definition) is 8. The largest absolute Gasteiger partial charge is 0.466 e.